The maximum atomic E-state index is 13.9. The Kier molecular flexibility index (Phi) is 2.59. The number of benzene rings is 1. The molecule has 4 heteroatoms. The topological polar surface area (TPSA) is 16.1 Å². The number of pyridine rings is 1. The van der Waals surface area contributed by atoms with Crippen LogP contribution in [0.1, 0.15) is 5.56 Å². The molecular formula is C13H10BrFN2. The first-order valence-electron chi connectivity index (χ1n) is 5.42. The molecule has 1 aliphatic rings. The third-order valence-corrected chi connectivity index (χ3v) is 3.36. The van der Waals surface area contributed by atoms with E-state index in [4.69, 9.17) is 0 Å². The highest BCUT2D eigenvalue weighted by molar-refractivity contribution is 9.10. The SMILES string of the molecule is Fc1cc(Br)cnc1N1CCc2ccccc21. The monoisotopic (exact) mass is 292 g/mol. The minimum atomic E-state index is -0.295. The molecule has 0 unspecified atom stereocenters. The van der Waals surface area contributed by atoms with Crippen molar-refractivity contribution in [1.29, 1.82) is 0 Å². The van der Waals surface area contributed by atoms with E-state index >= 15 is 0 Å². The summed E-state index contributed by atoms with van der Waals surface area (Å²) < 4.78 is 14.5. The van der Waals surface area contributed by atoms with E-state index in [1.807, 2.05) is 23.1 Å². The summed E-state index contributed by atoms with van der Waals surface area (Å²) in [6, 6.07) is 9.50. The summed E-state index contributed by atoms with van der Waals surface area (Å²) in [4.78, 5) is 6.09. The molecule has 0 bridgehead atoms. The van der Waals surface area contributed by atoms with Crippen LogP contribution in [0.2, 0.25) is 0 Å². The molecule has 0 aliphatic carbocycles. The smallest absolute Gasteiger partial charge is 0.169 e. The Labute approximate surface area is 107 Å². The molecule has 0 saturated carbocycles. The molecule has 0 N–H and O–H groups in total. The van der Waals surface area contributed by atoms with Crippen molar-refractivity contribution in [3.8, 4) is 0 Å². The largest absolute Gasteiger partial charge is 0.323 e. The molecule has 0 fully saturated rings. The number of para-hydroxylation sites is 1. The molecule has 0 radical (unpaired) electrons. The van der Waals surface area contributed by atoms with Crippen molar-refractivity contribution >= 4 is 27.4 Å². The number of nitrogens with zero attached hydrogens (tertiary/aromatic N) is 2. The Morgan fingerprint density at radius 2 is 2.12 bits per heavy atom. The molecule has 1 aromatic heterocycles. The summed E-state index contributed by atoms with van der Waals surface area (Å²) in [5.41, 5.74) is 2.30. The summed E-state index contributed by atoms with van der Waals surface area (Å²) in [6.45, 7) is 0.783. The lowest BCUT2D eigenvalue weighted by molar-refractivity contribution is 0.618. The minimum Gasteiger partial charge on any atom is -0.323 e. The first kappa shape index (κ1) is 10.7. The van der Waals surface area contributed by atoms with Crippen molar-refractivity contribution in [3.05, 3.63) is 52.4 Å². The van der Waals surface area contributed by atoms with Gasteiger partial charge in [-0.05, 0) is 40.0 Å². The summed E-state index contributed by atoms with van der Waals surface area (Å²) in [5, 5.41) is 0. The van der Waals surface area contributed by atoms with Gasteiger partial charge in [-0.3, -0.25) is 0 Å². The Balaban J connectivity index is 2.07. The predicted molar refractivity (Wildman–Crippen MR) is 69.0 cm³/mol. The van der Waals surface area contributed by atoms with Crippen molar-refractivity contribution in [2.24, 2.45) is 0 Å². The Bertz CT molecular complexity index is 571. The highest BCUT2D eigenvalue weighted by atomic mass is 79.9. The number of anilines is 2. The van der Waals surface area contributed by atoms with E-state index in [9.17, 15) is 4.39 Å². The lowest BCUT2D eigenvalue weighted by atomic mass is 10.2. The fourth-order valence-electron chi connectivity index (χ4n) is 2.16. The van der Waals surface area contributed by atoms with Gasteiger partial charge in [0, 0.05) is 22.9 Å². The van der Waals surface area contributed by atoms with Crippen LogP contribution >= 0.6 is 15.9 Å². The quantitative estimate of drug-likeness (QED) is 0.797. The zero-order valence-corrected chi connectivity index (χ0v) is 10.6. The van der Waals surface area contributed by atoms with Gasteiger partial charge in [-0.1, -0.05) is 18.2 Å². The minimum absolute atomic E-state index is 0.295. The summed E-state index contributed by atoms with van der Waals surface area (Å²) in [6.07, 6.45) is 2.56. The molecule has 3 rings (SSSR count). The van der Waals surface area contributed by atoms with Crippen LogP contribution in [-0.4, -0.2) is 11.5 Å². The van der Waals surface area contributed by atoms with Crippen LogP contribution in [0.3, 0.4) is 0 Å². The van der Waals surface area contributed by atoms with Gasteiger partial charge in [0.05, 0.1) is 0 Å². The first-order valence-corrected chi connectivity index (χ1v) is 6.21. The van der Waals surface area contributed by atoms with Gasteiger partial charge >= 0.3 is 0 Å². The Morgan fingerprint density at radius 1 is 1.29 bits per heavy atom. The Hall–Kier alpha value is -1.42. The molecule has 2 nitrogen and oxygen atoms in total. The van der Waals surface area contributed by atoms with Gasteiger partial charge in [0.1, 0.15) is 0 Å². The second-order valence-electron chi connectivity index (χ2n) is 3.99. The maximum absolute atomic E-state index is 13.9. The van der Waals surface area contributed by atoms with Crippen LogP contribution in [0.15, 0.2) is 41.0 Å². The van der Waals surface area contributed by atoms with E-state index in [0.717, 1.165) is 18.7 Å². The fraction of sp³-hybridized carbons (Fsp3) is 0.154. The highest BCUT2D eigenvalue weighted by Crippen LogP contribution is 2.34. The van der Waals surface area contributed by atoms with Crippen LogP contribution in [-0.2, 0) is 6.42 Å². The van der Waals surface area contributed by atoms with Crippen LogP contribution in [0.5, 0.6) is 0 Å². The number of aromatic nitrogens is 1. The molecule has 86 valence electrons. The third kappa shape index (κ3) is 1.82. The van der Waals surface area contributed by atoms with E-state index < -0.39 is 0 Å². The van der Waals surface area contributed by atoms with E-state index in [1.165, 1.54) is 11.6 Å². The lowest BCUT2D eigenvalue weighted by Crippen LogP contribution is -2.16. The molecule has 0 saturated heterocycles. The second kappa shape index (κ2) is 4.11. The molecule has 0 amide bonds. The second-order valence-corrected chi connectivity index (χ2v) is 4.90. The normalized spacial score (nSPS) is 13.9. The molecule has 1 aliphatic heterocycles. The van der Waals surface area contributed by atoms with Crippen LogP contribution in [0.25, 0.3) is 0 Å². The molecular weight excluding hydrogens is 283 g/mol. The summed E-state index contributed by atoms with van der Waals surface area (Å²) >= 11 is 3.22. The average molecular weight is 293 g/mol. The molecule has 2 aromatic rings. The van der Waals surface area contributed by atoms with Gasteiger partial charge in [0.25, 0.3) is 0 Å². The molecule has 17 heavy (non-hydrogen) atoms. The van der Waals surface area contributed by atoms with Gasteiger partial charge in [0.15, 0.2) is 11.6 Å². The highest BCUT2D eigenvalue weighted by Gasteiger charge is 2.23. The van der Waals surface area contributed by atoms with E-state index in [1.54, 1.807) is 6.20 Å². The molecule has 0 atom stereocenters. The number of fused-ring (bicyclic) bond motifs is 1. The van der Waals surface area contributed by atoms with Crippen molar-refractivity contribution in [2.45, 2.75) is 6.42 Å². The zero-order chi connectivity index (χ0) is 11.8. The number of halogens is 2. The van der Waals surface area contributed by atoms with Crippen LogP contribution in [0.4, 0.5) is 15.9 Å². The van der Waals surface area contributed by atoms with Crippen LogP contribution in [0, 0.1) is 5.82 Å². The molecule has 1 aromatic carbocycles. The van der Waals surface area contributed by atoms with E-state index in [2.05, 4.69) is 27.0 Å². The third-order valence-electron chi connectivity index (χ3n) is 2.93. The fourth-order valence-corrected chi connectivity index (χ4v) is 2.47. The standard InChI is InChI=1S/C13H10BrFN2/c14-10-7-11(15)13(16-8-10)17-6-5-9-3-1-2-4-12(9)17/h1-4,7-8H,5-6H2. The number of hydrogen-bond acceptors (Lipinski definition) is 2. The maximum Gasteiger partial charge on any atom is 0.169 e. The lowest BCUT2D eigenvalue weighted by Gasteiger charge is -2.18. The Morgan fingerprint density at radius 3 is 2.94 bits per heavy atom. The number of hydrogen-bond donors (Lipinski definition) is 0. The summed E-state index contributed by atoms with van der Waals surface area (Å²) in [7, 11) is 0. The zero-order valence-electron chi connectivity index (χ0n) is 9.03. The van der Waals surface area contributed by atoms with Gasteiger partial charge in [-0.2, -0.15) is 0 Å². The average Bonchev–Trinajstić information content (AvgIpc) is 2.73. The van der Waals surface area contributed by atoms with Gasteiger partial charge < -0.3 is 4.90 Å². The van der Waals surface area contributed by atoms with Gasteiger partial charge in [0.2, 0.25) is 0 Å². The molecule has 2 heterocycles. The first-order chi connectivity index (χ1) is 8.25. The number of rotatable bonds is 1. The van der Waals surface area contributed by atoms with Crippen LogP contribution < -0.4 is 4.90 Å². The van der Waals surface area contributed by atoms with Gasteiger partial charge in [-0.25, -0.2) is 9.37 Å². The van der Waals surface area contributed by atoms with Crippen molar-refractivity contribution in [2.75, 3.05) is 11.4 Å². The van der Waals surface area contributed by atoms with Crippen molar-refractivity contribution in [1.82, 2.24) is 4.98 Å². The summed E-state index contributed by atoms with van der Waals surface area (Å²) in [5.74, 6) is 0.106. The van der Waals surface area contributed by atoms with E-state index in [0.29, 0.717) is 10.3 Å². The van der Waals surface area contributed by atoms with Crippen molar-refractivity contribution in [3.63, 3.8) is 0 Å². The van der Waals surface area contributed by atoms with Gasteiger partial charge in [-0.15, -0.1) is 0 Å². The van der Waals surface area contributed by atoms with Crippen molar-refractivity contribution < 1.29 is 4.39 Å². The predicted octanol–water partition coefficient (Wildman–Crippen LogP) is 3.68. The molecule has 0 spiro atoms. The van der Waals surface area contributed by atoms with E-state index in [-0.39, 0.29) is 5.82 Å².